The number of carbonyl (C=O) groups is 1. The molecule has 138 valence electrons. The van der Waals surface area contributed by atoms with E-state index in [-0.39, 0.29) is 22.5 Å². The number of nitrogens with one attached hydrogen (secondary N) is 1. The molecule has 0 radical (unpaired) electrons. The third kappa shape index (κ3) is 4.72. The van der Waals surface area contributed by atoms with E-state index in [1.165, 1.54) is 6.21 Å². The Morgan fingerprint density at radius 2 is 1.62 bits per heavy atom. The summed E-state index contributed by atoms with van der Waals surface area (Å²) in [5.74, 6) is -0.0902. The van der Waals surface area contributed by atoms with Crippen LogP contribution in [0.15, 0.2) is 47.6 Å². The monoisotopic (exact) mass is 352 g/mol. The van der Waals surface area contributed by atoms with E-state index in [1.807, 2.05) is 12.1 Å². The highest BCUT2D eigenvalue weighted by molar-refractivity contribution is 5.95. The van der Waals surface area contributed by atoms with Gasteiger partial charge in [-0.25, -0.2) is 5.43 Å². The number of benzene rings is 2. The van der Waals surface area contributed by atoms with Crippen molar-refractivity contribution in [1.29, 1.82) is 0 Å². The van der Waals surface area contributed by atoms with Gasteiger partial charge in [-0.3, -0.25) is 4.79 Å². The van der Waals surface area contributed by atoms with Crippen LogP contribution in [-0.2, 0) is 10.8 Å². The Balaban J connectivity index is 2.34. The summed E-state index contributed by atoms with van der Waals surface area (Å²) in [4.78, 5) is 12.1. The number of carbonyl (C=O) groups excluding carboxylic acids is 1. The summed E-state index contributed by atoms with van der Waals surface area (Å²) in [5, 5.41) is 14.7. The lowest BCUT2D eigenvalue weighted by Crippen LogP contribution is -2.19. The van der Waals surface area contributed by atoms with Gasteiger partial charge >= 0.3 is 0 Å². The molecule has 0 saturated heterocycles. The van der Waals surface area contributed by atoms with E-state index >= 15 is 0 Å². The Bertz CT molecular complexity index is 811. The van der Waals surface area contributed by atoms with Gasteiger partial charge in [0.05, 0.1) is 6.21 Å². The first-order valence-corrected chi connectivity index (χ1v) is 8.76. The maximum atomic E-state index is 12.1. The first kappa shape index (κ1) is 19.7. The zero-order valence-electron chi connectivity index (χ0n) is 16.4. The second kappa shape index (κ2) is 7.32. The van der Waals surface area contributed by atoms with Crippen molar-refractivity contribution in [3.05, 3.63) is 64.7 Å². The van der Waals surface area contributed by atoms with E-state index in [0.29, 0.717) is 11.1 Å². The number of aromatic hydroxyl groups is 1. The summed E-state index contributed by atoms with van der Waals surface area (Å²) >= 11 is 0. The molecule has 0 aliphatic heterocycles. The smallest absolute Gasteiger partial charge is 0.271 e. The number of amides is 1. The molecule has 0 unspecified atom stereocenters. The van der Waals surface area contributed by atoms with Crippen molar-refractivity contribution >= 4 is 12.1 Å². The van der Waals surface area contributed by atoms with E-state index < -0.39 is 0 Å². The van der Waals surface area contributed by atoms with Crippen LogP contribution in [0.5, 0.6) is 5.75 Å². The van der Waals surface area contributed by atoms with Gasteiger partial charge < -0.3 is 5.11 Å². The Morgan fingerprint density at radius 3 is 2.15 bits per heavy atom. The predicted molar refractivity (Wildman–Crippen MR) is 107 cm³/mol. The highest BCUT2D eigenvalue weighted by atomic mass is 16.3. The van der Waals surface area contributed by atoms with Crippen molar-refractivity contribution in [3.8, 4) is 5.75 Å². The number of phenols is 1. The molecule has 4 nitrogen and oxygen atoms in total. The van der Waals surface area contributed by atoms with E-state index in [2.05, 4.69) is 58.1 Å². The SMILES string of the molecule is CC(C)(C)c1cc(C=NNC(=O)c2ccccc2)c(O)c(C(C)(C)C)c1. The molecule has 0 heterocycles. The lowest BCUT2D eigenvalue weighted by atomic mass is 9.79. The van der Waals surface area contributed by atoms with Gasteiger partial charge in [0.1, 0.15) is 5.75 Å². The summed E-state index contributed by atoms with van der Waals surface area (Å²) in [6.07, 6.45) is 1.50. The summed E-state index contributed by atoms with van der Waals surface area (Å²) < 4.78 is 0. The lowest BCUT2D eigenvalue weighted by molar-refractivity contribution is 0.0955. The van der Waals surface area contributed by atoms with Crippen LogP contribution in [0, 0.1) is 0 Å². The quantitative estimate of drug-likeness (QED) is 0.618. The minimum Gasteiger partial charge on any atom is -0.507 e. The number of rotatable bonds is 3. The first-order valence-electron chi connectivity index (χ1n) is 8.76. The van der Waals surface area contributed by atoms with Crippen molar-refractivity contribution in [3.63, 3.8) is 0 Å². The van der Waals surface area contributed by atoms with Crippen LogP contribution in [0.25, 0.3) is 0 Å². The molecule has 0 atom stereocenters. The molecule has 4 heteroatoms. The lowest BCUT2D eigenvalue weighted by Gasteiger charge is -2.26. The fourth-order valence-corrected chi connectivity index (χ4v) is 2.57. The standard InChI is InChI=1S/C22H28N2O2/c1-21(2,3)17-12-16(19(25)18(13-17)22(4,5)6)14-23-24-20(26)15-10-8-7-9-11-15/h7-14,25H,1-6H3,(H,24,26). The number of hydrazone groups is 1. The molecule has 0 spiro atoms. The average Bonchev–Trinajstić information content (AvgIpc) is 2.55. The summed E-state index contributed by atoms with van der Waals surface area (Å²) in [5.41, 5.74) is 5.33. The Hall–Kier alpha value is -2.62. The van der Waals surface area contributed by atoms with E-state index in [4.69, 9.17) is 0 Å². The molecular weight excluding hydrogens is 324 g/mol. The maximum absolute atomic E-state index is 12.1. The predicted octanol–water partition coefficient (Wildman–Crippen LogP) is 4.75. The molecule has 0 fully saturated rings. The molecule has 2 N–H and O–H groups in total. The molecule has 0 bridgehead atoms. The van der Waals surface area contributed by atoms with Gasteiger partial charge in [0.25, 0.3) is 5.91 Å². The van der Waals surface area contributed by atoms with Crippen LogP contribution in [0.3, 0.4) is 0 Å². The van der Waals surface area contributed by atoms with Gasteiger partial charge in [0.2, 0.25) is 0 Å². The molecular formula is C22H28N2O2. The van der Waals surface area contributed by atoms with Crippen LogP contribution in [-0.4, -0.2) is 17.2 Å². The highest BCUT2D eigenvalue weighted by Crippen LogP contribution is 2.37. The van der Waals surface area contributed by atoms with Crippen LogP contribution >= 0.6 is 0 Å². The Morgan fingerprint density at radius 1 is 1.00 bits per heavy atom. The van der Waals surface area contributed by atoms with Gasteiger partial charge in [0, 0.05) is 16.7 Å². The summed E-state index contributed by atoms with van der Waals surface area (Å²) in [7, 11) is 0. The largest absolute Gasteiger partial charge is 0.507 e. The summed E-state index contributed by atoms with van der Waals surface area (Å²) in [6.45, 7) is 12.6. The van der Waals surface area contributed by atoms with Crippen LogP contribution in [0.2, 0.25) is 0 Å². The number of nitrogens with zero attached hydrogens (tertiary/aromatic N) is 1. The van der Waals surface area contributed by atoms with Crippen molar-refractivity contribution in [2.24, 2.45) is 5.10 Å². The molecule has 1 amide bonds. The normalized spacial score (nSPS) is 12.4. The number of hydrogen-bond donors (Lipinski definition) is 2. The van der Waals surface area contributed by atoms with Gasteiger partial charge in [-0.2, -0.15) is 5.10 Å². The summed E-state index contributed by atoms with van der Waals surface area (Å²) in [6, 6.07) is 12.9. The Labute approximate surface area is 156 Å². The molecule has 0 aromatic heterocycles. The van der Waals surface area contributed by atoms with E-state index in [1.54, 1.807) is 24.3 Å². The van der Waals surface area contributed by atoms with Gasteiger partial charge in [0.15, 0.2) is 0 Å². The van der Waals surface area contributed by atoms with Crippen molar-refractivity contribution in [1.82, 2.24) is 5.43 Å². The highest BCUT2D eigenvalue weighted by Gasteiger charge is 2.24. The molecule has 2 rings (SSSR count). The molecule has 26 heavy (non-hydrogen) atoms. The van der Waals surface area contributed by atoms with Crippen LogP contribution in [0.4, 0.5) is 0 Å². The van der Waals surface area contributed by atoms with E-state index in [0.717, 1.165) is 11.1 Å². The second-order valence-corrected chi connectivity index (χ2v) is 8.53. The van der Waals surface area contributed by atoms with Gasteiger partial charge in [-0.15, -0.1) is 0 Å². The Kier molecular flexibility index (Phi) is 5.55. The van der Waals surface area contributed by atoms with E-state index in [9.17, 15) is 9.90 Å². The molecule has 0 saturated carbocycles. The van der Waals surface area contributed by atoms with Crippen molar-refractivity contribution in [2.45, 2.75) is 52.4 Å². The van der Waals surface area contributed by atoms with Crippen molar-refractivity contribution in [2.75, 3.05) is 0 Å². The minimum atomic E-state index is -0.288. The van der Waals surface area contributed by atoms with Crippen LogP contribution < -0.4 is 5.43 Å². The fraction of sp³-hybridized carbons (Fsp3) is 0.364. The second-order valence-electron chi connectivity index (χ2n) is 8.53. The molecule has 0 aliphatic rings. The number of phenolic OH excluding ortho intramolecular Hbond substituents is 1. The fourth-order valence-electron chi connectivity index (χ4n) is 2.57. The maximum Gasteiger partial charge on any atom is 0.271 e. The zero-order chi connectivity index (χ0) is 19.5. The molecule has 2 aromatic carbocycles. The van der Waals surface area contributed by atoms with Gasteiger partial charge in [-0.1, -0.05) is 65.8 Å². The zero-order valence-corrected chi connectivity index (χ0v) is 16.4. The average molecular weight is 352 g/mol. The van der Waals surface area contributed by atoms with Gasteiger partial charge in [-0.05, 0) is 34.6 Å². The van der Waals surface area contributed by atoms with Crippen LogP contribution in [0.1, 0.15) is 68.6 Å². The minimum absolute atomic E-state index is 0.0659. The first-order chi connectivity index (χ1) is 12.0. The molecule has 2 aromatic rings. The third-order valence-corrected chi connectivity index (χ3v) is 4.22. The molecule has 0 aliphatic carbocycles. The van der Waals surface area contributed by atoms with Crippen molar-refractivity contribution < 1.29 is 9.90 Å². The third-order valence-electron chi connectivity index (χ3n) is 4.22. The topological polar surface area (TPSA) is 61.7 Å². The number of hydrogen-bond acceptors (Lipinski definition) is 3.